The minimum atomic E-state index is -3.06. The molecule has 1 aliphatic rings. The average molecular weight is 386 g/mol. The minimum absolute atomic E-state index is 0.00767. The molecule has 140 valence electrons. The topological polar surface area (TPSA) is 75.2 Å². The summed E-state index contributed by atoms with van der Waals surface area (Å²) < 4.78 is 63.6. The van der Waals surface area contributed by atoms with Crippen LogP contribution in [0.1, 0.15) is 13.3 Å². The van der Waals surface area contributed by atoms with Crippen LogP contribution in [0.4, 0.5) is 30.6 Å². The van der Waals surface area contributed by atoms with E-state index in [2.05, 4.69) is 15.3 Å². The molecule has 26 heavy (non-hydrogen) atoms. The number of aromatic nitrogens is 2. The van der Waals surface area contributed by atoms with Crippen molar-refractivity contribution in [3.05, 3.63) is 41.8 Å². The van der Waals surface area contributed by atoms with E-state index in [9.17, 15) is 21.6 Å². The predicted octanol–water partition coefficient (Wildman–Crippen LogP) is 2.65. The van der Waals surface area contributed by atoms with Crippen LogP contribution < -0.4 is 10.2 Å². The Morgan fingerprint density at radius 1 is 1.23 bits per heavy atom. The van der Waals surface area contributed by atoms with Crippen LogP contribution in [-0.4, -0.2) is 42.5 Å². The molecule has 0 saturated carbocycles. The number of nitrogens with zero attached hydrogens (tertiary/aromatic N) is 3. The van der Waals surface area contributed by atoms with Crippen LogP contribution in [0.2, 0.25) is 0 Å². The van der Waals surface area contributed by atoms with Crippen LogP contribution in [0.5, 0.6) is 0 Å². The van der Waals surface area contributed by atoms with E-state index in [1.165, 1.54) is 6.20 Å². The van der Waals surface area contributed by atoms with Gasteiger partial charge in [0.25, 0.3) is 0 Å². The number of hydrogen-bond acceptors (Lipinski definition) is 6. The Morgan fingerprint density at radius 3 is 2.65 bits per heavy atom. The quantitative estimate of drug-likeness (QED) is 0.797. The lowest BCUT2D eigenvalue weighted by Crippen LogP contribution is -2.36. The van der Waals surface area contributed by atoms with Crippen molar-refractivity contribution >= 4 is 27.3 Å². The Labute approximate surface area is 149 Å². The highest BCUT2D eigenvalue weighted by atomic mass is 32.2. The molecular weight excluding hydrogens is 369 g/mol. The third-order valence-corrected chi connectivity index (χ3v) is 5.96. The summed E-state index contributed by atoms with van der Waals surface area (Å²) in [5.74, 6) is -3.61. The van der Waals surface area contributed by atoms with Crippen molar-refractivity contribution in [2.45, 2.75) is 19.4 Å². The lowest BCUT2D eigenvalue weighted by atomic mass is 10.2. The maximum absolute atomic E-state index is 13.8. The van der Waals surface area contributed by atoms with Gasteiger partial charge in [0, 0.05) is 18.8 Å². The Morgan fingerprint density at radius 2 is 2.00 bits per heavy atom. The molecular formula is C16H17F3N4O2S. The third kappa shape index (κ3) is 3.74. The molecule has 1 N–H and O–H groups in total. The second kappa shape index (κ2) is 7.10. The first-order valence-corrected chi connectivity index (χ1v) is 9.83. The Bertz CT molecular complexity index is 924. The summed E-state index contributed by atoms with van der Waals surface area (Å²) in [6, 6.07) is 3.26. The fraction of sp³-hybridized carbons (Fsp3) is 0.375. The molecule has 1 aromatic heterocycles. The summed E-state index contributed by atoms with van der Waals surface area (Å²) in [5.41, 5.74) is -0.299. The van der Waals surface area contributed by atoms with Crippen molar-refractivity contribution in [3.63, 3.8) is 0 Å². The maximum atomic E-state index is 13.8. The van der Waals surface area contributed by atoms with Gasteiger partial charge in [-0.25, -0.2) is 26.6 Å². The van der Waals surface area contributed by atoms with Crippen LogP contribution >= 0.6 is 0 Å². The minimum Gasteiger partial charge on any atom is -0.353 e. The van der Waals surface area contributed by atoms with Gasteiger partial charge in [-0.2, -0.15) is 4.98 Å². The van der Waals surface area contributed by atoms with Gasteiger partial charge in [-0.15, -0.1) is 0 Å². The lowest BCUT2D eigenvalue weighted by molar-refractivity contribution is 0.449. The molecule has 1 atom stereocenters. The first kappa shape index (κ1) is 18.4. The van der Waals surface area contributed by atoms with E-state index in [4.69, 9.17) is 0 Å². The number of nitrogens with one attached hydrogen (secondary N) is 1. The highest BCUT2D eigenvalue weighted by Gasteiger charge is 2.32. The molecule has 6 nitrogen and oxygen atoms in total. The number of benzene rings is 1. The molecule has 1 unspecified atom stereocenters. The zero-order chi connectivity index (χ0) is 18.9. The van der Waals surface area contributed by atoms with E-state index < -0.39 is 27.3 Å². The zero-order valence-electron chi connectivity index (χ0n) is 13.9. The van der Waals surface area contributed by atoms with Gasteiger partial charge in [0.2, 0.25) is 5.95 Å². The molecule has 1 fully saturated rings. The summed E-state index contributed by atoms with van der Waals surface area (Å²) in [6.45, 7) is 2.39. The Hall–Kier alpha value is -2.36. The van der Waals surface area contributed by atoms with E-state index in [0.29, 0.717) is 18.8 Å². The van der Waals surface area contributed by atoms with Crippen molar-refractivity contribution in [1.29, 1.82) is 0 Å². The molecule has 2 heterocycles. The van der Waals surface area contributed by atoms with E-state index in [-0.39, 0.29) is 29.2 Å². The van der Waals surface area contributed by atoms with E-state index >= 15 is 0 Å². The SMILES string of the molecule is CCN(c1ccnc(Nc2ccc(F)c(F)c2F)n1)C1CCS(=O)(=O)C1. The normalized spacial score (nSPS) is 18.7. The van der Waals surface area contributed by atoms with E-state index in [1.54, 1.807) is 6.07 Å². The van der Waals surface area contributed by atoms with Crippen LogP contribution in [0.3, 0.4) is 0 Å². The summed E-state index contributed by atoms with van der Waals surface area (Å²) in [7, 11) is -3.06. The van der Waals surface area contributed by atoms with Crippen molar-refractivity contribution < 1.29 is 21.6 Å². The molecule has 0 bridgehead atoms. The smallest absolute Gasteiger partial charge is 0.229 e. The van der Waals surface area contributed by atoms with Gasteiger partial charge in [0.15, 0.2) is 27.3 Å². The van der Waals surface area contributed by atoms with Crippen molar-refractivity contribution in [2.75, 3.05) is 28.3 Å². The fourth-order valence-corrected chi connectivity index (χ4v) is 4.67. The second-order valence-electron chi connectivity index (χ2n) is 5.93. The van der Waals surface area contributed by atoms with Crippen LogP contribution in [-0.2, 0) is 9.84 Å². The number of sulfone groups is 1. The molecule has 0 aliphatic carbocycles. The van der Waals surface area contributed by atoms with Crippen molar-refractivity contribution in [3.8, 4) is 0 Å². The summed E-state index contributed by atoms with van der Waals surface area (Å²) in [5, 5.41) is 2.52. The first-order valence-electron chi connectivity index (χ1n) is 8.01. The molecule has 1 saturated heterocycles. The predicted molar refractivity (Wildman–Crippen MR) is 91.7 cm³/mol. The van der Waals surface area contributed by atoms with Crippen molar-refractivity contribution in [1.82, 2.24) is 9.97 Å². The molecule has 0 amide bonds. The van der Waals surface area contributed by atoms with Gasteiger partial charge in [0.05, 0.1) is 17.2 Å². The fourth-order valence-electron chi connectivity index (χ4n) is 2.94. The largest absolute Gasteiger partial charge is 0.353 e. The van der Waals surface area contributed by atoms with Crippen LogP contribution in [0, 0.1) is 17.5 Å². The number of rotatable bonds is 5. The van der Waals surface area contributed by atoms with Crippen molar-refractivity contribution in [2.24, 2.45) is 0 Å². The molecule has 1 aliphatic heterocycles. The lowest BCUT2D eigenvalue weighted by Gasteiger charge is -2.28. The van der Waals surface area contributed by atoms with E-state index in [1.807, 2.05) is 11.8 Å². The highest BCUT2D eigenvalue weighted by molar-refractivity contribution is 7.91. The molecule has 0 radical (unpaired) electrons. The molecule has 3 rings (SSSR count). The maximum Gasteiger partial charge on any atom is 0.229 e. The standard InChI is InChI=1S/C16H17F3N4O2S/c1-2-23(10-6-8-26(24,25)9-10)13-5-7-20-16(22-13)21-12-4-3-11(17)14(18)15(12)19/h3-5,7,10H,2,6,8-9H2,1H3,(H,20,21,22). The first-order chi connectivity index (χ1) is 12.3. The third-order valence-electron chi connectivity index (χ3n) is 4.21. The zero-order valence-corrected chi connectivity index (χ0v) is 14.7. The van der Waals surface area contributed by atoms with Gasteiger partial charge < -0.3 is 10.2 Å². The number of anilines is 3. The van der Waals surface area contributed by atoms with Gasteiger partial charge in [0.1, 0.15) is 5.82 Å². The summed E-state index contributed by atoms with van der Waals surface area (Å²) in [6.07, 6.45) is 1.93. The second-order valence-corrected chi connectivity index (χ2v) is 8.16. The van der Waals surface area contributed by atoms with Gasteiger partial charge in [-0.1, -0.05) is 0 Å². The summed E-state index contributed by atoms with van der Waals surface area (Å²) in [4.78, 5) is 10.0. The van der Waals surface area contributed by atoms with Gasteiger partial charge in [-0.05, 0) is 31.5 Å². The average Bonchev–Trinajstić information content (AvgIpc) is 2.96. The van der Waals surface area contributed by atoms with Gasteiger partial charge in [-0.3, -0.25) is 0 Å². The van der Waals surface area contributed by atoms with Gasteiger partial charge >= 0.3 is 0 Å². The summed E-state index contributed by atoms with van der Waals surface area (Å²) >= 11 is 0. The molecule has 0 spiro atoms. The Kier molecular flexibility index (Phi) is 5.03. The highest BCUT2D eigenvalue weighted by Crippen LogP contribution is 2.25. The van der Waals surface area contributed by atoms with E-state index in [0.717, 1.165) is 12.1 Å². The number of halogens is 3. The number of hydrogen-bond donors (Lipinski definition) is 1. The van der Waals surface area contributed by atoms with Crippen LogP contribution in [0.25, 0.3) is 0 Å². The molecule has 1 aromatic carbocycles. The molecule has 2 aromatic rings. The van der Waals surface area contributed by atoms with Crippen LogP contribution in [0.15, 0.2) is 24.4 Å². The molecule has 10 heteroatoms. The monoisotopic (exact) mass is 386 g/mol. The Balaban J connectivity index is 1.85.